The van der Waals surface area contributed by atoms with Crippen molar-refractivity contribution in [2.75, 3.05) is 6.26 Å². The first-order valence-corrected chi connectivity index (χ1v) is 8.62. The first kappa shape index (κ1) is 14.5. The van der Waals surface area contributed by atoms with E-state index in [9.17, 15) is 8.42 Å². The van der Waals surface area contributed by atoms with E-state index < -0.39 is 9.84 Å². The molecule has 106 valence electrons. The van der Waals surface area contributed by atoms with E-state index in [4.69, 9.17) is 5.73 Å². The van der Waals surface area contributed by atoms with Crippen molar-refractivity contribution >= 4 is 9.84 Å². The Bertz CT molecular complexity index is 503. The molecule has 0 aromatic heterocycles. The van der Waals surface area contributed by atoms with E-state index in [1.54, 1.807) is 12.1 Å². The highest BCUT2D eigenvalue weighted by atomic mass is 32.2. The minimum atomic E-state index is -3.10. The highest BCUT2D eigenvalue weighted by Gasteiger charge is 2.17. The molecule has 1 aliphatic carbocycles. The van der Waals surface area contributed by atoms with Crippen molar-refractivity contribution < 1.29 is 8.42 Å². The summed E-state index contributed by atoms with van der Waals surface area (Å²) in [5.74, 6) is 0. The first-order valence-electron chi connectivity index (χ1n) is 6.73. The third kappa shape index (κ3) is 4.30. The zero-order valence-electron chi connectivity index (χ0n) is 11.3. The Labute approximate surface area is 115 Å². The summed E-state index contributed by atoms with van der Waals surface area (Å²) < 4.78 is 22.7. The summed E-state index contributed by atoms with van der Waals surface area (Å²) in [6.07, 6.45) is 5.66. The maximum absolute atomic E-state index is 11.4. The number of sulfone groups is 1. The largest absolute Gasteiger partial charge is 0.328 e. The molecule has 1 saturated carbocycles. The molecule has 0 radical (unpaired) electrons. The normalized spacial score (nSPS) is 24.3. The van der Waals surface area contributed by atoms with Gasteiger partial charge in [0.25, 0.3) is 0 Å². The fourth-order valence-electron chi connectivity index (χ4n) is 2.44. The molecule has 0 bridgehead atoms. The molecule has 0 heterocycles. The molecule has 0 amide bonds. The van der Waals surface area contributed by atoms with Crippen LogP contribution in [-0.4, -0.2) is 26.8 Å². The molecule has 0 aliphatic heterocycles. The molecule has 3 N–H and O–H groups in total. The van der Waals surface area contributed by atoms with Gasteiger partial charge in [-0.1, -0.05) is 12.1 Å². The Balaban J connectivity index is 1.87. The molecule has 0 saturated heterocycles. The van der Waals surface area contributed by atoms with Gasteiger partial charge in [-0.3, -0.25) is 0 Å². The van der Waals surface area contributed by atoms with E-state index in [0.29, 0.717) is 17.0 Å². The Morgan fingerprint density at radius 2 is 1.74 bits per heavy atom. The molecular weight excluding hydrogens is 260 g/mol. The van der Waals surface area contributed by atoms with E-state index in [0.717, 1.165) is 37.8 Å². The lowest BCUT2D eigenvalue weighted by Crippen LogP contribution is -2.37. The summed E-state index contributed by atoms with van der Waals surface area (Å²) in [7, 11) is -3.10. The molecule has 5 heteroatoms. The lowest BCUT2D eigenvalue weighted by molar-refractivity contribution is 0.342. The van der Waals surface area contributed by atoms with Crippen LogP contribution in [0.25, 0.3) is 0 Å². The van der Waals surface area contributed by atoms with Crippen LogP contribution in [0.2, 0.25) is 0 Å². The molecule has 0 atom stereocenters. The van der Waals surface area contributed by atoms with E-state index in [1.807, 2.05) is 12.1 Å². The van der Waals surface area contributed by atoms with Crippen LogP contribution in [-0.2, 0) is 16.4 Å². The Morgan fingerprint density at radius 1 is 1.16 bits per heavy atom. The molecule has 2 rings (SSSR count). The quantitative estimate of drug-likeness (QED) is 0.877. The van der Waals surface area contributed by atoms with Crippen molar-refractivity contribution in [3.8, 4) is 0 Å². The number of nitrogens with one attached hydrogen (secondary N) is 1. The number of benzene rings is 1. The van der Waals surface area contributed by atoms with E-state index >= 15 is 0 Å². The van der Waals surface area contributed by atoms with Crippen LogP contribution in [0.4, 0.5) is 0 Å². The molecular formula is C14H22N2O2S. The Hall–Kier alpha value is -0.910. The van der Waals surface area contributed by atoms with Gasteiger partial charge in [0, 0.05) is 24.9 Å². The van der Waals surface area contributed by atoms with Gasteiger partial charge in [0.15, 0.2) is 9.84 Å². The van der Waals surface area contributed by atoms with Crippen molar-refractivity contribution in [3.05, 3.63) is 29.8 Å². The zero-order valence-corrected chi connectivity index (χ0v) is 12.1. The standard InChI is InChI=1S/C14H22N2O2S/c1-19(17,18)14-8-2-11(3-9-14)10-16-13-6-4-12(15)5-7-13/h2-3,8-9,12-13,16H,4-7,10,15H2,1H3. The van der Waals surface area contributed by atoms with E-state index in [1.165, 1.54) is 6.26 Å². The van der Waals surface area contributed by atoms with Gasteiger partial charge in [0.05, 0.1) is 4.90 Å². The molecule has 1 aromatic carbocycles. The molecule has 4 nitrogen and oxygen atoms in total. The number of hydrogen-bond donors (Lipinski definition) is 2. The molecule has 1 aromatic rings. The second-order valence-electron chi connectivity index (χ2n) is 5.41. The summed E-state index contributed by atoms with van der Waals surface area (Å²) >= 11 is 0. The van der Waals surface area contributed by atoms with Gasteiger partial charge in [0.2, 0.25) is 0 Å². The third-order valence-electron chi connectivity index (χ3n) is 3.72. The average molecular weight is 282 g/mol. The summed E-state index contributed by atoms with van der Waals surface area (Å²) in [5.41, 5.74) is 6.99. The van der Waals surface area contributed by atoms with Gasteiger partial charge >= 0.3 is 0 Å². The summed E-state index contributed by atoms with van der Waals surface area (Å²) in [6.45, 7) is 0.782. The van der Waals surface area contributed by atoms with Gasteiger partial charge in [-0.05, 0) is 43.4 Å². The highest BCUT2D eigenvalue weighted by Crippen LogP contribution is 2.17. The van der Waals surface area contributed by atoms with Crippen LogP contribution in [0, 0.1) is 0 Å². The average Bonchev–Trinajstić information content (AvgIpc) is 2.37. The van der Waals surface area contributed by atoms with Crippen LogP contribution >= 0.6 is 0 Å². The number of nitrogens with two attached hydrogens (primary N) is 1. The lowest BCUT2D eigenvalue weighted by Gasteiger charge is -2.27. The van der Waals surface area contributed by atoms with Crippen molar-refractivity contribution in [2.45, 2.75) is 49.2 Å². The predicted octanol–water partition coefficient (Wildman–Crippen LogP) is 1.45. The van der Waals surface area contributed by atoms with Crippen LogP contribution in [0.15, 0.2) is 29.2 Å². The van der Waals surface area contributed by atoms with Crippen LogP contribution in [0.3, 0.4) is 0 Å². The Kier molecular flexibility index (Phi) is 4.60. The van der Waals surface area contributed by atoms with Crippen LogP contribution in [0.1, 0.15) is 31.2 Å². The second-order valence-corrected chi connectivity index (χ2v) is 7.42. The maximum Gasteiger partial charge on any atom is 0.175 e. The van der Waals surface area contributed by atoms with Crippen molar-refractivity contribution in [1.29, 1.82) is 0 Å². The topological polar surface area (TPSA) is 72.2 Å². The van der Waals surface area contributed by atoms with Gasteiger partial charge in [-0.25, -0.2) is 8.42 Å². The van der Waals surface area contributed by atoms with Gasteiger partial charge in [-0.15, -0.1) is 0 Å². The summed E-state index contributed by atoms with van der Waals surface area (Å²) in [6, 6.07) is 7.99. The van der Waals surface area contributed by atoms with Crippen molar-refractivity contribution in [3.63, 3.8) is 0 Å². The SMILES string of the molecule is CS(=O)(=O)c1ccc(CNC2CCC(N)CC2)cc1. The molecule has 0 unspecified atom stereocenters. The van der Waals surface area contributed by atoms with E-state index in [-0.39, 0.29) is 0 Å². The molecule has 1 aliphatic rings. The van der Waals surface area contributed by atoms with Gasteiger partial charge < -0.3 is 11.1 Å². The predicted molar refractivity (Wildman–Crippen MR) is 76.6 cm³/mol. The second kappa shape index (κ2) is 6.03. The molecule has 1 fully saturated rings. The summed E-state index contributed by atoms with van der Waals surface area (Å²) in [4.78, 5) is 0.375. The van der Waals surface area contributed by atoms with Crippen LogP contribution in [0.5, 0.6) is 0 Å². The first-order chi connectivity index (χ1) is 8.95. The monoisotopic (exact) mass is 282 g/mol. The minimum absolute atomic E-state index is 0.368. The van der Waals surface area contributed by atoms with E-state index in [2.05, 4.69) is 5.32 Å². The smallest absolute Gasteiger partial charge is 0.175 e. The zero-order chi connectivity index (χ0) is 13.9. The summed E-state index contributed by atoms with van der Waals surface area (Å²) in [5, 5.41) is 3.51. The van der Waals surface area contributed by atoms with Crippen molar-refractivity contribution in [1.82, 2.24) is 5.32 Å². The number of hydrogen-bond acceptors (Lipinski definition) is 4. The van der Waals surface area contributed by atoms with Gasteiger partial charge in [0.1, 0.15) is 0 Å². The fourth-order valence-corrected chi connectivity index (χ4v) is 3.07. The molecule has 0 spiro atoms. The van der Waals surface area contributed by atoms with Gasteiger partial charge in [-0.2, -0.15) is 0 Å². The third-order valence-corrected chi connectivity index (χ3v) is 4.85. The fraction of sp³-hybridized carbons (Fsp3) is 0.571. The number of rotatable bonds is 4. The maximum atomic E-state index is 11.4. The Morgan fingerprint density at radius 3 is 2.26 bits per heavy atom. The lowest BCUT2D eigenvalue weighted by atomic mass is 9.92. The highest BCUT2D eigenvalue weighted by molar-refractivity contribution is 7.90. The van der Waals surface area contributed by atoms with Crippen LogP contribution < -0.4 is 11.1 Å². The van der Waals surface area contributed by atoms with Crippen molar-refractivity contribution in [2.24, 2.45) is 5.73 Å². The molecule has 19 heavy (non-hydrogen) atoms. The minimum Gasteiger partial charge on any atom is -0.328 e.